The minimum Gasteiger partial charge on any atom is -0.462 e. The summed E-state index contributed by atoms with van der Waals surface area (Å²) in [4.78, 5) is 37.9. The standard InChI is InChI=1S/C53H96O6/c1-4-7-10-13-16-19-22-25-26-29-31-34-37-40-43-46-52(55)58-49-50(59-53(56)47-44-41-38-35-32-28-24-21-18-15-12-9-6-3)48-57-51(54)45-42-39-36-33-30-27-23-20-17-14-11-8-5-2/h12,15,21,24-26,50H,4-11,13-14,16-20,22-23,27-49H2,1-3H3/b15-12-,24-21-,26-25-. The van der Waals surface area contributed by atoms with Gasteiger partial charge < -0.3 is 14.2 Å². The van der Waals surface area contributed by atoms with Crippen LogP contribution in [-0.4, -0.2) is 37.2 Å². The summed E-state index contributed by atoms with van der Waals surface area (Å²) in [5.41, 5.74) is 0. The third-order valence-corrected chi connectivity index (χ3v) is 11.1. The Hall–Kier alpha value is -2.37. The van der Waals surface area contributed by atoms with Crippen molar-refractivity contribution in [3.63, 3.8) is 0 Å². The first-order chi connectivity index (χ1) is 29.0. The molecule has 0 saturated carbocycles. The Morgan fingerprint density at radius 3 is 1.02 bits per heavy atom. The lowest BCUT2D eigenvalue weighted by Gasteiger charge is -2.18. The Kier molecular flexibility index (Phi) is 46.4. The fraction of sp³-hybridized carbons (Fsp3) is 0.830. The van der Waals surface area contributed by atoms with Crippen LogP contribution in [0.1, 0.15) is 265 Å². The Morgan fingerprint density at radius 2 is 0.644 bits per heavy atom. The summed E-state index contributed by atoms with van der Waals surface area (Å²) < 4.78 is 16.8. The first-order valence-electron chi connectivity index (χ1n) is 25.5. The summed E-state index contributed by atoms with van der Waals surface area (Å²) in [6, 6.07) is 0. The van der Waals surface area contributed by atoms with Crippen molar-refractivity contribution in [1.82, 2.24) is 0 Å². The van der Waals surface area contributed by atoms with Gasteiger partial charge in [-0.2, -0.15) is 0 Å². The van der Waals surface area contributed by atoms with Crippen LogP contribution in [0.2, 0.25) is 0 Å². The Labute approximate surface area is 365 Å². The second-order valence-corrected chi connectivity index (χ2v) is 17.1. The highest BCUT2D eigenvalue weighted by atomic mass is 16.6. The van der Waals surface area contributed by atoms with E-state index in [4.69, 9.17) is 14.2 Å². The SMILES string of the molecule is CCC/C=C\C/C=C\CCCCCCCC(=O)OC(COC(=O)CCCCCCC/C=C\CCCCCCCC)COC(=O)CCCCCCCCCCCCCCC. The van der Waals surface area contributed by atoms with Crippen molar-refractivity contribution in [3.8, 4) is 0 Å². The van der Waals surface area contributed by atoms with Crippen molar-refractivity contribution in [3.05, 3.63) is 36.5 Å². The van der Waals surface area contributed by atoms with Crippen LogP contribution in [-0.2, 0) is 28.6 Å². The van der Waals surface area contributed by atoms with Crippen molar-refractivity contribution in [2.75, 3.05) is 13.2 Å². The molecule has 0 bridgehead atoms. The molecule has 0 amide bonds. The molecule has 0 fully saturated rings. The maximum Gasteiger partial charge on any atom is 0.306 e. The monoisotopic (exact) mass is 829 g/mol. The molecule has 0 aromatic rings. The summed E-state index contributed by atoms with van der Waals surface area (Å²) in [6.07, 6.45) is 55.5. The van der Waals surface area contributed by atoms with Gasteiger partial charge in [-0.3, -0.25) is 14.4 Å². The molecule has 344 valence electrons. The van der Waals surface area contributed by atoms with E-state index in [2.05, 4.69) is 57.2 Å². The van der Waals surface area contributed by atoms with E-state index in [1.807, 2.05) is 0 Å². The Morgan fingerprint density at radius 1 is 0.339 bits per heavy atom. The predicted molar refractivity (Wildman–Crippen MR) is 252 cm³/mol. The zero-order valence-corrected chi connectivity index (χ0v) is 39.3. The van der Waals surface area contributed by atoms with Crippen LogP contribution in [0, 0.1) is 0 Å². The summed E-state index contributed by atoms with van der Waals surface area (Å²) in [5.74, 6) is -0.892. The van der Waals surface area contributed by atoms with Crippen LogP contribution in [0.3, 0.4) is 0 Å². The van der Waals surface area contributed by atoms with Crippen LogP contribution < -0.4 is 0 Å². The highest BCUT2D eigenvalue weighted by molar-refractivity contribution is 5.71. The van der Waals surface area contributed by atoms with Crippen molar-refractivity contribution in [1.29, 1.82) is 0 Å². The molecular weight excluding hydrogens is 733 g/mol. The van der Waals surface area contributed by atoms with Crippen LogP contribution in [0.5, 0.6) is 0 Å². The molecule has 0 radical (unpaired) electrons. The van der Waals surface area contributed by atoms with Gasteiger partial charge in [-0.05, 0) is 70.6 Å². The molecule has 0 spiro atoms. The summed E-state index contributed by atoms with van der Waals surface area (Å²) in [6.45, 7) is 6.56. The number of rotatable bonds is 46. The molecule has 0 aliphatic carbocycles. The van der Waals surface area contributed by atoms with Crippen molar-refractivity contribution >= 4 is 17.9 Å². The smallest absolute Gasteiger partial charge is 0.306 e. The molecule has 6 heteroatoms. The predicted octanol–water partition coefficient (Wildman–Crippen LogP) is 16.5. The van der Waals surface area contributed by atoms with E-state index in [-0.39, 0.29) is 31.1 Å². The fourth-order valence-electron chi connectivity index (χ4n) is 7.24. The Bertz CT molecular complexity index is 1000. The molecule has 1 unspecified atom stereocenters. The number of hydrogen-bond acceptors (Lipinski definition) is 6. The number of carbonyl (C=O) groups is 3. The van der Waals surface area contributed by atoms with Gasteiger partial charge >= 0.3 is 17.9 Å². The van der Waals surface area contributed by atoms with E-state index in [0.717, 1.165) is 96.3 Å². The van der Waals surface area contributed by atoms with Gasteiger partial charge in [0.1, 0.15) is 13.2 Å². The summed E-state index contributed by atoms with van der Waals surface area (Å²) in [7, 11) is 0. The topological polar surface area (TPSA) is 78.9 Å². The number of hydrogen-bond donors (Lipinski definition) is 0. The lowest BCUT2D eigenvalue weighted by Crippen LogP contribution is -2.30. The van der Waals surface area contributed by atoms with E-state index >= 15 is 0 Å². The number of ether oxygens (including phenoxy) is 3. The van der Waals surface area contributed by atoms with Crippen molar-refractivity contribution in [2.45, 2.75) is 271 Å². The number of unbranched alkanes of at least 4 members (excludes halogenated alkanes) is 29. The quantitative estimate of drug-likeness (QED) is 0.0263. The normalized spacial score (nSPS) is 12.3. The van der Waals surface area contributed by atoms with Gasteiger partial charge in [0, 0.05) is 19.3 Å². The third-order valence-electron chi connectivity index (χ3n) is 11.1. The van der Waals surface area contributed by atoms with Gasteiger partial charge in [0.05, 0.1) is 0 Å². The zero-order chi connectivity index (χ0) is 43.0. The molecule has 0 aliphatic rings. The van der Waals surface area contributed by atoms with Gasteiger partial charge in [-0.1, -0.05) is 211 Å². The molecule has 0 aromatic carbocycles. The summed E-state index contributed by atoms with van der Waals surface area (Å²) >= 11 is 0. The maximum absolute atomic E-state index is 12.8. The minimum absolute atomic E-state index is 0.0778. The maximum atomic E-state index is 12.8. The molecule has 0 rings (SSSR count). The second kappa shape index (κ2) is 48.3. The van der Waals surface area contributed by atoms with Crippen molar-refractivity contribution in [2.24, 2.45) is 0 Å². The lowest BCUT2D eigenvalue weighted by atomic mass is 10.0. The van der Waals surface area contributed by atoms with Crippen LogP contribution in [0.25, 0.3) is 0 Å². The van der Waals surface area contributed by atoms with Crippen LogP contribution in [0.4, 0.5) is 0 Å². The summed E-state index contributed by atoms with van der Waals surface area (Å²) in [5, 5.41) is 0. The molecule has 1 atom stereocenters. The lowest BCUT2D eigenvalue weighted by molar-refractivity contribution is -0.167. The average molecular weight is 829 g/mol. The zero-order valence-electron chi connectivity index (χ0n) is 39.3. The van der Waals surface area contributed by atoms with E-state index in [0.29, 0.717) is 19.3 Å². The van der Waals surface area contributed by atoms with Crippen LogP contribution >= 0.6 is 0 Å². The molecule has 0 aliphatic heterocycles. The van der Waals surface area contributed by atoms with Gasteiger partial charge in [0.25, 0.3) is 0 Å². The molecule has 0 heterocycles. The molecule has 6 nitrogen and oxygen atoms in total. The molecule has 0 aromatic heterocycles. The van der Waals surface area contributed by atoms with Crippen LogP contribution in [0.15, 0.2) is 36.5 Å². The van der Waals surface area contributed by atoms with Gasteiger partial charge in [0.15, 0.2) is 6.10 Å². The van der Waals surface area contributed by atoms with E-state index in [9.17, 15) is 14.4 Å². The Balaban J connectivity index is 4.38. The van der Waals surface area contributed by atoms with Gasteiger partial charge in [0.2, 0.25) is 0 Å². The molecule has 59 heavy (non-hydrogen) atoms. The number of esters is 3. The molecular formula is C53H96O6. The van der Waals surface area contributed by atoms with E-state index in [1.165, 1.54) is 128 Å². The number of allylic oxidation sites excluding steroid dienone is 6. The average Bonchev–Trinajstić information content (AvgIpc) is 3.23. The highest BCUT2D eigenvalue weighted by Gasteiger charge is 2.19. The van der Waals surface area contributed by atoms with E-state index in [1.54, 1.807) is 0 Å². The fourth-order valence-corrected chi connectivity index (χ4v) is 7.24. The highest BCUT2D eigenvalue weighted by Crippen LogP contribution is 2.15. The van der Waals surface area contributed by atoms with Crippen molar-refractivity contribution < 1.29 is 28.6 Å². The van der Waals surface area contributed by atoms with E-state index < -0.39 is 6.10 Å². The largest absolute Gasteiger partial charge is 0.462 e. The molecule has 0 saturated heterocycles. The van der Waals surface area contributed by atoms with Gasteiger partial charge in [-0.25, -0.2) is 0 Å². The minimum atomic E-state index is -0.778. The first kappa shape index (κ1) is 56.6. The molecule has 0 N–H and O–H groups in total. The third kappa shape index (κ3) is 46.5. The second-order valence-electron chi connectivity index (χ2n) is 17.1. The first-order valence-corrected chi connectivity index (χ1v) is 25.5. The number of carbonyl (C=O) groups excluding carboxylic acids is 3. The van der Waals surface area contributed by atoms with Gasteiger partial charge in [-0.15, -0.1) is 0 Å².